The Labute approximate surface area is 78.1 Å². The molecule has 66 valence electrons. The van der Waals surface area contributed by atoms with Gasteiger partial charge in [-0.25, -0.2) is 4.98 Å². The van der Waals surface area contributed by atoms with E-state index in [9.17, 15) is 4.79 Å². The van der Waals surface area contributed by atoms with E-state index in [4.69, 9.17) is 20.4 Å². The van der Waals surface area contributed by atoms with E-state index >= 15 is 0 Å². The molecule has 0 radical (unpaired) electrons. The monoisotopic (exact) mass is 197 g/mol. The molecule has 0 atom stereocenters. The first kappa shape index (κ1) is 8.07. The molecule has 0 fully saturated rings. The summed E-state index contributed by atoms with van der Waals surface area (Å²) in [7, 11) is 0. The Morgan fingerprint density at radius 3 is 2.77 bits per heavy atom. The van der Waals surface area contributed by atoms with Crippen LogP contribution in [0.4, 0.5) is 0 Å². The molecule has 0 saturated carbocycles. The maximum atomic E-state index is 10.3. The van der Waals surface area contributed by atoms with Gasteiger partial charge in [0.2, 0.25) is 0 Å². The number of rotatable bonds is 2. The predicted molar refractivity (Wildman–Crippen MR) is 44.6 cm³/mol. The molecule has 4 nitrogen and oxygen atoms in total. The number of hydrogen-bond donors (Lipinski definition) is 0. The highest BCUT2D eigenvalue weighted by molar-refractivity contribution is 6.28. The molecular weight excluding hydrogens is 194 g/mol. The first-order valence-corrected chi connectivity index (χ1v) is 3.84. The molecule has 0 aliphatic heterocycles. The van der Waals surface area contributed by atoms with Crippen molar-refractivity contribution in [1.29, 1.82) is 0 Å². The number of oxazole rings is 1. The number of hydrogen-bond acceptors (Lipinski definition) is 4. The van der Waals surface area contributed by atoms with Gasteiger partial charge in [0.05, 0.1) is 6.20 Å². The average molecular weight is 198 g/mol. The number of carbonyl (C=O) groups excluding carboxylic acids is 1. The number of aldehydes is 1. The molecule has 0 aliphatic rings. The minimum absolute atomic E-state index is 0.155. The third kappa shape index (κ3) is 1.48. The fourth-order valence-electron chi connectivity index (χ4n) is 0.884. The van der Waals surface area contributed by atoms with E-state index in [-0.39, 0.29) is 16.9 Å². The number of aromatic nitrogens is 1. The minimum Gasteiger partial charge on any atom is -0.440 e. The average Bonchev–Trinajstić information content (AvgIpc) is 2.71. The van der Waals surface area contributed by atoms with Crippen LogP contribution in [0.1, 0.15) is 10.6 Å². The maximum Gasteiger partial charge on any atom is 0.263 e. The van der Waals surface area contributed by atoms with Gasteiger partial charge in [0.1, 0.15) is 0 Å². The Morgan fingerprint density at radius 1 is 1.38 bits per heavy atom. The van der Waals surface area contributed by atoms with E-state index in [1.165, 1.54) is 6.20 Å². The number of nitrogens with zero attached hydrogens (tertiary/aromatic N) is 1. The second-order valence-electron chi connectivity index (χ2n) is 2.29. The molecule has 0 saturated heterocycles. The van der Waals surface area contributed by atoms with E-state index in [1.807, 2.05) is 0 Å². The summed E-state index contributed by atoms with van der Waals surface area (Å²) in [6.07, 6.45) is 1.89. The molecule has 0 spiro atoms. The third-order valence-corrected chi connectivity index (χ3v) is 1.63. The topological polar surface area (TPSA) is 56.2 Å². The Kier molecular flexibility index (Phi) is 1.90. The third-order valence-electron chi connectivity index (χ3n) is 1.42. The molecular formula is C8H4ClNO3. The van der Waals surface area contributed by atoms with Crippen LogP contribution < -0.4 is 0 Å². The lowest BCUT2D eigenvalue weighted by atomic mass is 10.4. The van der Waals surface area contributed by atoms with Gasteiger partial charge in [0, 0.05) is 0 Å². The lowest BCUT2D eigenvalue weighted by Gasteiger charge is -1.85. The van der Waals surface area contributed by atoms with Gasteiger partial charge in [0.25, 0.3) is 5.89 Å². The standard InChI is InChI=1S/C8H4ClNO3/c9-7-2-1-6(13-7)8-10-3-5(4-11)12-8/h1-4H. The molecule has 0 N–H and O–H groups in total. The smallest absolute Gasteiger partial charge is 0.263 e. The van der Waals surface area contributed by atoms with E-state index in [2.05, 4.69) is 4.98 Å². The van der Waals surface area contributed by atoms with E-state index in [0.717, 1.165) is 0 Å². The highest BCUT2D eigenvalue weighted by Crippen LogP contribution is 2.23. The summed E-state index contributed by atoms with van der Waals surface area (Å²) in [6, 6.07) is 3.18. The Morgan fingerprint density at radius 2 is 2.23 bits per heavy atom. The van der Waals surface area contributed by atoms with Gasteiger partial charge in [-0.3, -0.25) is 4.79 Å². The summed E-state index contributed by atoms with van der Waals surface area (Å²) in [5.41, 5.74) is 0. The van der Waals surface area contributed by atoms with Gasteiger partial charge in [0.15, 0.2) is 23.0 Å². The molecule has 0 amide bonds. The summed E-state index contributed by atoms with van der Waals surface area (Å²) in [4.78, 5) is 14.1. The molecule has 0 bridgehead atoms. The predicted octanol–water partition coefficient (Wildman–Crippen LogP) is 2.40. The summed E-state index contributed by atoms with van der Waals surface area (Å²) in [5.74, 6) is 0.801. The van der Waals surface area contributed by atoms with Crippen LogP contribution in [0.2, 0.25) is 5.22 Å². The maximum absolute atomic E-state index is 10.3. The van der Waals surface area contributed by atoms with Crippen molar-refractivity contribution in [2.24, 2.45) is 0 Å². The zero-order chi connectivity index (χ0) is 9.26. The Balaban J connectivity index is 2.40. The van der Waals surface area contributed by atoms with Crippen LogP contribution in [-0.4, -0.2) is 11.3 Å². The lowest BCUT2D eigenvalue weighted by Crippen LogP contribution is -1.69. The summed E-state index contributed by atoms with van der Waals surface area (Å²) in [6.45, 7) is 0. The minimum atomic E-state index is 0.155. The van der Waals surface area contributed by atoms with Crippen LogP contribution >= 0.6 is 11.6 Å². The van der Waals surface area contributed by atoms with Crippen LogP contribution in [-0.2, 0) is 0 Å². The summed E-state index contributed by atoms with van der Waals surface area (Å²) in [5, 5.41) is 0.251. The number of carbonyl (C=O) groups is 1. The summed E-state index contributed by atoms with van der Waals surface area (Å²) < 4.78 is 10.0. The van der Waals surface area contributed by atoms with Crippen molar-refractivity contribution in [3.05, 3.63) is 29.3 Å². The highest BCUT2D eigenvalue weighted by atomic mass is 35.5. The molecule has 2 rings (SSSR count). The van der Waals surface area contributed by atoms with Crippen molar-refractivity contribution in [3.8, 4) is 11.7 Å². The Hall–Kier alpha value is -1.55. The van der Waals surface area contributed by atoms with Crippen molar-refractivity contribution in [3.63, 3.8) is 0 Å². The van der Waals surface area contributed by atoms with Crippen LogP contribution in [0, 0.1) is 0 Å². The fourth-order valence-corrected chi connectivity index (χ4v) is 1.03. The molecule has 0 aromatic carbocycles. The van der Waals surface area contributed by atoms with Crippen molar-refractivity contribution in [2.45, 2.75) is 0 Å². The second kappa shape index (κ2) is 3.06. The first-order valence-electron chi connectivity index (χ1n) is 3.46. The molecule has 0 aliphatic carbocycles. The van der Waals surface area contributed by atoms with Crippen LogP contribution in [0.3, 0.4) is 0 Å². The molecule has 2 heterocycles. The molecule has 2 aromatic rings. The zero-order valence-electron chi connectivity index (χ0n) is 6.36. The highest BCUT2D eigenvalue weighted by Gasteiger charge is 2.09. The van der Waals surface area contributed by atoms with E-state index < -0.39 is 0 Å². The first-order chi connectivity index (χ1) is 6.29. The van der Waals surface area contributed by atoms with Crippen molar-refractivity contribution in [2.75, 3.05) is 0 Å². The van der Waals surface area contributed by atoms with Gasteiger partial charge < -0.3 is 8.83 Å². The normalized spacial score (nSPS) is 10.2. The zero-order valence-corrected chi connectivity index (χ0v) is 7.12. The quantitative estimate of drug-likeness (QED) is 0.694. The van der Waals surface area contributed by atoms with Crippen molar-refractivity contribution < 1.29 is 13.6 Å². The molecule has 0 unspecified atom stereocenters. The SMILES string of the molecule is O=Cc1cnc(-c2ccc(Cl)o2)o1. The Bertz CT molecular complexity index is 432. The number of halogens is 1. The fraction of sp³-hybridized carbons (Fsp3) is 0. The van der Waals surface area contributed by atoms with Crippen LogP contribution in [0.25, 0.3) is 11.7 Å². The lowest BCUT2D eigenvalue weighted by molar-refractivity contribution is 0.110. The number of furan rings is 1. The molecule has 13 heavy (non-hydrogen) atoms. The van der Waals surface area contributed by atoms with Crippen LogP contribution in [0.5, 0.6) is 0 Å². The van der Waals surface area contributed by atoms with Gasteiger partial charge >= 0.3 is 0 Å². The van der Waals surface area contributed by atoms with E-state index in [0.29, 0.717) is 12.0 Å². The molecule has 5 heteroatoms. The van der Waals surface area contributed by atoms with Crippen molar-refractivity contribution >= 4 is 17.9 Å². The van der Waals surface area contributed by atoms with Crippen molar-refractivity contribution in [1.82, 2.24) is 4.98 Å². The van der Waals surface area contributed by atoms with Gasteiger partial charge in [-0.05, 0) is 23.7 Å². The largest absolute Gasteiger partial charge is 0.440 e. The molecule has 2 aromatic heterocycles. The van der Waals surface area contributed by atoms with Crippen LogP contribution in [0.15, 0.2) is 27.2 Å². The van der Waals surface area contributed by atoms with E-state index in [1.54, 1.807) is 12.1 Å². The van der Waals surface area contributed by atoms with Gasteiger partial charge in [-0.2, -0.15) is 0 Å². The summed E-state index contributed by atoms with van der Waals surface area (Å²) >= 11 is 5.55. The van der Waals surface area contributed by atoms with Gasteiger partial charge in [-0.1, -0.05) is 0 Å². The van der Waals surface area contributed by atoms with Gasteiger partial charge in [-0.15, -0.1) is 0 Å². The second-order valence-corrected chi connectivity index (χ2v) is 2.66.